The summed E-state index contributed by atoms with van der Waals surface area (Å²) < 4.78 is 4.92. The molecule has 5 nitrogen and oxygen atoms in total. The van der Waals surface area contributed by atoms with Gasteiger partial charge in [-0.3, -0.25) is 0 Å². The van der Waals surface area contributed by atoms with E-state index in [0.29, 0.717) is 11.7 Å². The fourth-order valence-electron chi connectivity index (χ4n) is 1.21. The molecule has 0 bridgehead atoms. The van der Waals surface area contributed by atoms with Crippen LogP contribution >= 0.6 is 0 Å². The molecule has 2 aromatic rings. The minimum atomic E-state index is 0.489. The van der Waals surface area contributed by atoms with E-state index in [1.54, 1.807) is 19.2 Å². The normalized spacial score (nSPS) is 9.81. The molecule has 0 saturated heterocycles. The van der Waals surface area contributed by atoms with Crippen molar-refractivity contribution in [1.29, 1.82) is 0 Å². The lowest BCUT2D eigenvalue weighted by atomic mass is 10.3. The minimum absolute atomic E-state index is 0.489. The third-order valence-corrected chi connectivity index (χ3v) is 2.03. The highest BCUT2D eigenvalue weighted by molar-refractivity contribution is 5.58. The summed E-state index contributed by atoms with van der Waals surface area (Å²) in [7, 11) is 1.55. The van der Waals surface area contributed by atoms with Crippen LogP contribution in [0.4, 0.5) is 17.2 Å². The Balaban J connectivity index is 2.11. The molecule has 1 aromatic carbocycles. The van der Waals surface area contributed by atoms with Gasteiger partial charge in [0.15, 0.2) is 5.82 Å². The van der Waals surface area contributed by atoms with Crippen LogP contribution in [0.3, 0.4) is 0 Å². The van der Waals surface area contributed by atoms with E-state index in [4.69, 9.17) is 10.5 Å². The lowest BCUT2D eigenvalue weighted by molar-refractivity contribution is 0.392. The van der Waals surface area contributed by atoms with Gasteiger partial charge in [-0.1, -0.05) is 0 Å². The molecular weight excluding hydrogens is 204 g/mol. The molecule has 1 aromatic heterocycles. The zero-order valence-corrected chi connectivity index (χ0v) is 8.84. The second-order valence-corrected chi connectivity index (χ2v) is 3.21. The molecule has 0 spiro atoms. The van der Waals surface area contributed by atoms with Gasteiger partial charge in [-0.05, 0) is 30.3 Å². The van der Waals surface area contributed by atoms with Crippen molar-refractivity contribution in [3.63, 3.8) is 0 Å². The Morgan fingerprint density at radius 3 is 2.38 bits per heavy atom. The number of hydrogen-bond donors (Lipinski definition) is 2. The summed E-state index contributed by atoms with van der Waals surface area (Å²) in [6.45, 7) is 0. The van der Waals surface area contributed by atoms with E-state index >= 15 is 0 Å². The second-order valence-electron chi connectivity index (χ2n) is 3.21. The Morgan fingerprint density at radius 2 is 1.81 bits per heavy atom. The van der Waals surface area contributed by atoms with Gasteiger partial charge in [0.25, 0.3) is 0 Å². The number of nitrogens with two attached hydrogens (primary N) is 1. The third-order valence-electron chi connectivity index (χ3n) is 2.03. The highest BCUT2D eigenvalue weighted by Crippen LogP contribution is 2.16. The van der Waals surface area contributed by atoms with Crippen LogP contribution in [0.5, 0.6) is 5.88 Å². The summed E-state index contributed by atoms with van der Waals surface area (Å²) >= 11 is 0. The Bertz CT molecular complexity index is 452. The summed E-state index contributed by atoms with van der Waals surface area (Å²) in [5, 5.41) is 10.9. The van der Waals surface area contributed by atoms with Crippen LogP contribution in [-0.4, -0.2) is 17.3 Å². The number of aromatic nitrogens is 2. The Hall–Kier alpha value is -2.30. The number of ether oxygens (including phenoxy) is 1. The maximum Gasteiger partial charge on any atom is 0.233 e. The average Bonchev–Trinajstić information content (AvgIpc) is 2.33. The molecule has 0 saturated carbocycles. The number of nitrogens with one attached hydrogen (secondary N) is 1. The van der Waals surface area contributed by atoms with Crippen LogP contribution < -0.4 is 15.8 Å². The predicted molar refractivity (Wildman–Crippen MR) is 62.7 cm³/mol. The first-order valence-corrected chi connectivity index (χ1v) is 4.78. The summed E-state index contributed by atoms with van der Waals surface area (Å²) in [6.07, 6.45) is 0. The fraction of sp³-hybridized carbons (Fsp3) is 0.0909. The molecule has 2 rings (SSSR count). The van der Waals surface area contributed by atoms with E-state index in [-0.39, 0.29) is 0 Å². The van der Waals surface area contributed by atoms with Gasteiger partial charge in [-0.2, -0.15) is 0 Å². The van der Waals surface area contributed by atoms with Crippen LogP contribution in [0, 0.1) is 0 Å². The predicted octanol–water partition coefficient (Wildman–Crippen LogP) is 1.81. The van der Waals surface area contributed by atoms with Gasteiger partial charge in [0, 0.05) is 17.4 Å². The summed E-state index contributed by atoms with van der Waals surface area (Å²) in [5.74, 6) is 1.15. The fourth-order valence-corrected chi connectivity index (χ4v) is 1.21. The zero-order valence-electron chi connectivity index (χ0n) is 8.84. The molecule has 0 aliphatic rings. The summed E-state index contributed by atoms with van der Waals surface area (Å²) in [5.41, 5.74) is 7.22. The van der Waals surface area contributed by atoms with E-state index in [1.165, 1.54) is 0 Å². The average molecular weight is 216 g/mol. The molecule has 3 N–H and O–H groups in total. The van der Waals surface area contributed by atoms with Crippen LogP contribution in [0.25, 0.3) is 0 Å². The first-order valence-electron chi connectivity index (χ1n) is 4.78. The smallest absolute Gasteiger partial charge is 0.233 e. The van der Waals surface area contributed by atoms with Gasteiger partial charge >= 0.3 is 0 Å². The van der Waals surface area contributed by atoms with Gasteiger partial charge in [-0.25, -0.2) is 0 Å². The van der Waals surface area contributed by atoms with Gasteiger partial charge in [0.2, 0.25) is 5.88 Å². The number of rotatable bonds is 3. The third kappa shape index (κ3) is 2.38. The van der Waals surface area contributed by atoms with Crippen LogP contribution in [0.2, 0.25) is 0 Å². The Morgan fingerprint density at radius 1 is 1.06 bits per heavy atom. The van der Waals surface area contributed by atoms with Crippen molar-refractivity contribution in [3.05, 3.63) is 36.4 Å². The van der Waals surface area contributed by atoms with Gasteiger partial charge in [-0.15, -0.1) is 10.2 Å². The number of anilines is 3. The summed E-state index contributed by atoms with van der Waals surface area (Å²) in [4.78, 5) is 0. The molecule has 0 radical (unpaired) electrons. The first kappa shape index (κ1) is 10.2. The largest absolute Gasteiger partial charge is 0.480 e. The second kappa shape index (κ2) is 4.48. The molecular formula is C11H12N4O. The van der Waals surface area contributed by atoms with Crippen molar-refractivity contribution in [2.75, 3.05) is 18.2 Å². The van der Waals surface area contributed by atoms with Crippen molar-refractivity contribution in [1.82, 2.24) is 10.2 Å². The molecule has 0 aliphatic heterocycles. The Kier molecular flexibility index (Phi) is 2.86. The molecule has 16 heavy (non-hydrogen) atoms. The van der Waals surface area contributed by atoms with E-state index in [2.05, 4.69) is 15.5 Å². The molecule has 0 amide bonds. The minimum Gasteiger partial charge on any atom is -0.480 e. The van der Waals surface area contributed by atoms with E-state index in [0.717, 1.165) is 11.4 Å². The van der Waals surface area contributed by atoms with Gasteiger partial charge in [0.1, 0.15) is 0 Å². The Labute approximate surface area is 93.3 Å². The van der Waals surface area contributed by atoms with Crippen molar-refractivity contribution in [3.8, 4) is 5.88 Å². The van der Waals surface area contributed by atoms with Crippen molar-refractivity contribution in [2.45, 2.75) is 0 Å². The molecule has 0 aliphatic carbocycles. The first-order chi connectivity index (χ1) is 7.78. The number of methoxy groups -OCH3 is 1. The monoisotopic (exact) mass is 216 g/mol. The van der Waals surface area contributed by atoms with Crippen LogP contribution in [-0.2, 0) is 0 Å². The maximum absolute atomic E-state index is 5.59. The molecule has 1 heterocycles. The summed E-state index contributed by atoms with van der Waals surface area (Å²) in [6, 6.07) is 10.9. The number of hydrogen-bond acceptors (Lipinski definition) is 5. The standard InChI is InChI=1S/C11H12N4O/c1-16-11-7-6-10(14-15-11)13-9-4-2-8(12)3-5-9/h2-7H,12H2,1H3,(H,13,14). The van der Waals surface area contributed by atoms with Crippen molar-refractivity contribution in [2.24, 2.45) is 0 Å². The van der Waals surface area contributed by atoms with Gasteiger partial charge in [0.05, 0.1) is 7.11 Å². The molecule has 0 unspecified atom stereocenters. The van der Waals surface area contributed by atoms with Crippen LogP contribution in [0.15, 0.2) is 36.4 Å². The maximum atomic E-state index is 5.59. The highest BCUT2D eigenvalue weighted by Gasteiger charge is 1.97. The molecule has 0 atom stereocenters. The number of benzene rings is 1. The lowest BCUT2D eigenvalue weighted by Crippen LogP contribution is -1.97. The van der Waals surface area contributed by atoms with Gasteiger partial charge < -0.3 is 15.8 Å². The highest BCUT2D eigenvalue weighted by atomic mass is 16.5. The van der Waals surface area contributed by atoms with E-state index in [1.807, 2.05) is 24.3 Å². The quantitative estimate of drug-likeness (QED) is 0.765. The zero-order chi connectivity index (χ0) is 11.4. The molecule has 0 fully saturated rings. The molecule has 5 heteroatoms. The van der Waals surface area contributed by atoms with Crippen molar-refractivity contribution >= 4 is 17.2 Å². The van der Waals surface area contributed by atoms with Crippen LogP contribution in [0.1, 0.15) is 0 Å². The number of nitrogen functional groups attached to an aromatic ring is 1. The topological polar surface area (TPSA) is 73.1 Å². The number of nitrogens with zero attached hydrogens (tertiary/aromatic N) is 2. The van der Waals surface area contributed by atoms with E-state index < -0.39 is 0 Å². The SMILES string of the molecule is COc1ccc(Nc2ccc(N)cc2)nn1. The van der Waals surface area contributed by atoms with Crippen molar-refractivity contribution < 1.29 is 4.74 Å². The molecule has 82 valence electrons. The van der Waals surface area contributed by atoms with E-state index in [9.17, 15) is 0 Å². The lowest BCUT2D eigenvalue weighted by Gasteiger charge is -2.05.